The van der Waals surface area contributed by atoms with Crippen molar-refractivity contribution < 1.29 is 8.83 Å². The molecule has 0 aliphatic rings. The fraction of sp³-hybridized carbons (Fsp3) is 0. The lowest BCUT2D eigenvalue weighted by Gasteiger charge is -2.06. The molecule has 0 saturated heterocycles. The second-order valence-corrected chi connectivity index (χ2v) is 7.82. The van der Waals surface area contributed by atoms with Gasteiger partial charge in [-0.1, -0.05) is 48.5 Å². The van der Waals surface area contributed by atoms with Gasteiger partial charge in [0.1, 0.15) is 22.3 Å². The number of fused-ring (bicyclic) bond motifs is 6. The van der Waals surface area contributed by atoms with E-state index in [0.717, 1.165) is 66.5 Å². The maximum atomic E-state index is 6.37. The summed E-state index contributed by atoms with van der Waals surface area (Å²) in [4.78, 5) is 9.44. The van der Waals surface area contributed by atoms with Crippen molar-refractivity contribution in [3.63, 3.8) is 0 Å². The third-order valence-corrected chi connectivity index (χ3v) is 5.94. The second-order valence-electron chi connectivity index (χ2n) is 7.82. The smallest absolute Gasteiger partial charge is 0.148 e. The zero-order valence-corrected chi connectivity index (χ0v) is 16.9. The van der Waals surface area contributed by atoms with Gasteiger partial charge in [0, 0.05) is 27.7 Å². The molecule has 0 unspecified atom stereocenters. The van der Waals surface area contributed by atoms with Gasteiger partial charge < -0.3 is 8.83 Å². The number of rotatable bonds is 2. The summed E-state index contributed by atoms with van der Waals surface area (Å²) in [5.74, 6) is 0. The Kier molecular flexibility index (Phi) is 3.52. The molecule has 0 amide bonds. The van der Waals surface area contributed by atoms with E-state index in [1.165, 1.54) is 0 Å². The minimum Gasteiger partial charge on any atom is -0.455 e. The molecule has 4 aromatic heterocycles. The largest absolute Gasteiger partial charge is 0.455 e. The van der Waals surface area contributed by atoms with Crippen LogP contribution in [-0.2, 0) is 0 Å². The van der Waals surface area contributed by atoms with Gasteiger partial charge >= 0.3 is 0 Å². The Labute approximate surface area is 182 Å². The Morgan fingerprint density at radius 1 is 0.500 bits per heavy atom. The molecular formula is C28H16N2O2. The van der Waals surface area contributed by atoms with E-state index in [1.807, 2.05) is 72.8 Å². The highest BCUT2D eigenvalue weighted by Crippen LogP contribution is 2.43. The van der Waals surface area contributed by atoms with Crippen LogP contribution in [-0.4, -0.2) is 9.97 Å². The molecule has 0 bridgehead atoms. The van der Waals surface area contributed by atoms with E-state index in [4.69, 9.17) is 13.8 Å². The summed E-state index contributed by atoms with van der Waals surface area (Å²) in [6, 6.07) is 30.2. The molecule has 0 atom stereocenters. The summed E-state index contributed by atoms with van der Waals surface area (Å²) < 4.78 is 12.7. The summed E-state index contributed by atoms with van der Waals surface area (Å²) >= 11 is 0. The monoisotopic (exact) mass is 412 g/mol. The number of hydrogen-bond acceptors (Lipinski definition) is 4. The number of benzene rings is 3. The summed E-state index contributed by atoms with van der Waals surface area (Å²) in [6.07, 6.45) is 1.78. The van der Waals surface area contributed by atoms with Crippen molar-refractivity contribution >= 4 is 43.9 Å². The van der Waals surface area contributed by atoms with Crippen LogP contribution >= 0.6 is 0 Å². The van der Waals surface area contributed by atoms with E-state index in [9.17, 15) is 0 Å². The van der Waals surface area contributed by atoms with Gasteiger partial charge in [-0.15, -0.1) is 0 Å². The molecule has 7 aromatic rings. The fourth-order valence-electron chi connectivity index (χ4n) is 4.50. The normalized spacial score (nSPS) is 11.8. The molecule has 4 nitrogen and oxygen atoms in total. The summed E-state index contributed by atoms with van der Waals surface area (Å²) in [6.45, 7) is 0. The number of aromatic nitrogens is 2. The van der Waals surface area contributed by atoms with Crippen molar-refractivity contribution in [2.45, 2.75) is 0 Å². The molecule has 150 valence electrons. The van der Waals surface area contributed by atoms with E-state index in [-0.39, 0.29) is 0 Å². The van der Waals surface area contributed by atoms with Gasteiger partial charge in [-0.25, -0.2) is 4.98 Å². The Morgan fingerprint density at radius 2 is 1.09 bits per heavy atom. The summed E-state index contributed by atoms with van der Waals surface area (Å²) in [7, 11) is 0. The van der Waals surface area contributed by atoms with E-state index in [1.54, 1.807) is 6.20 Å². The quantitative estimate of drug-likeness (QED) is 0.293. The standard InChI is InChI=1S/C28H16N2O2/c1-3-13-24-17(8-1)19-16-20-18-9-2-4-14-25(18)32-28(20)26(27(19)31-24)23-12-7-11-22(30-23)21-10-5-6-15-29-21/h1-16H. The highest BCUT2D eigenvalue weighted by Gasteiger charge is 2.21. The second kappa shape index (κ2) is 6.53. The Hall–Kier alpha value is -4.44. The van der Waals surface area contributed by atoms with Crippen LogP contribution in [0.2, 0.25) is 0 Å². The zero-order chi connectivity index (χ0) is 21.1. The predicted octanol–water partition coefficient (Wildman–Crippen LogP) is 7.61. The molecule has 0 spiro atoms. The highest BCUT2D eigenvalue weighted by atomic mass is 16.3. The van der Waals surface area contributed by atoms with Crippen LogP contribution in [0.15, 0.2) is 106 Å². The molecule has 0 aliphatic carbocycles. The van der Waals surface area contributed by atoms with Crippen molar-refractivity contribution in [3.8, 4) is 22.6 Å². The average molecular weight is 412 g/mol. The Balaban J connectivity index is 1.64. The van der Waals surface area contributed by atoms with Crippen LogP contribution in [0.3, 0.4) is 0 Å². The number of pyridine rings is 2. The highest BCUT2D eigenvalue weighted by molar-refractivity contribution is 6.21. The third-order valence-electron chi connectivity index (χ3n) is 5.94. The maximum absolute atomic E-state index is 6.37. The number of nitrogens with zero attached hydrogens (tertiary/aromatic N) is 2. The fourth-order valence-corrected chi connectivity index (χ4v) is 4.50. The molecule has 0 saturated carbocycles. The first kappa shape index (κ1) is 17.3. The molecule has 4 heterocycles. The predicted molar refractivity (Wildman–Crippen MR) is 127 cm³/mol. The van der Waals surface area contributed by atoms with Gasteiger partial charge in [0.25, 0.3) is 0 Å². The minimum absolute atomic E-state index is 0.781. The van der Waals surface area contributed by atoms with Crippen LogP contribution in [0.25, 0.3) is 66.5 Å². The summed E-state index contributed by atoms with van der Waals surface area (Å²) in [5.41, 5.74) is 6.55. The molecular weight excluding hydrogens is 396 g/mol. The summed E-state index contributed by atoms with van der Waals surface area (Å²) in [5, 5.41) is 4.27. The zero-order valence-electron chi connectivity index (χ0n) is 16.9. The lowest BCUT2D eigenvalue weighted by atomic mass is 10.0. The van der Waals surface area contributed by atoms with Crippen LogP contribution in [0.5, 0.6) is 0 Å². The van der Waals surface area contributed by atoms with E-state index >= 15 is 0 Å². The van der Waals surface area contributed by atoms with Gasteiger partial charge in [0.2, 0.25) is 0 Å². The third kappa shape index (κ3) is 2.44. The molecule has 32 heavy (non-hydrogen) atoms. The van der Waals surface area contributed by atoms with Crippen molar-refractivity contribution in [2.24, 2.45) is 0 Å². The average Bonchev–Trinajstić information content (AvgIpc) is 3.41. The maximum Gasteiger partial charge on any atom is 0.148 e. The van der Waals surface area contributed by atoms with Gasteiger partial charge in [0.15, 0.2) is 0 Å². The molecule has 7 rings (SSSR count). The first-order valence-electron chi connectivity index (χ1n) is 10.5. The van der Waals surface area contributed by atoms with Crippen molar-refractivity contribution in [3.05, 3.63) is 97.2 Å². The first-order chi connectivity index (χ1) is 15.9. The van der Waals surface area contributed by atoms with Gasteiger partial charge in [0.05, 0.1) is 22.6 Å². The molecule has 3 aromatic carbocycles. The van der Waals surface area contributed by atoms with E-state index in [2.05, 4.69) is 23.2 Å². The topological polar surface area (TPSA) is 52.1 Å². The van der Waals surface area contributed by atoms with E-state index in [0.29, 0.717) is 0 Å². The number of hydrogen-bond donors (Lipinski definition) is 0. The first-order valence-corrected chi connectivity index (χ1v) is 10.5. The van der Waals surface area contributed by atoms with Gasteiger partial charge in [-0.3, -0.25) is 4.98 Å². The van der Waals surface area contributed by atoms with Crippen LogP contribution in [0, 0.1) is 0 Å². The van der Waals surface area contributed by atoms with Crippen molar-refractivity contribution in [1.29, 1.82) is 0 Å². The molecule has 0 aliphatic heterocycles. The Bertz CT molecular complexity index is 1690. The van der Waals surface area contributed by atoms with Crippen LogP contribution in [0.4, 0.5) is 0 Å². The number of furan rings is 2. The van der Waals surface area contributed by atoms with Crippen LogP contribution < -0.4 is 0 Å². The lowest BCUT2D eigenvalue weighted by Crippen LogP contribution is -1.90. The van der Waals surface area contributed by atoms with Crippen LogP contribution in [0.1, 0.15) is 0 Å². The van der Waals surface area contributed by atoms with Crippen molar-refractivity contribution in [1.82, 2.24) is 9.97 Å². The SMILES string of the molecule is c1ccc(-c2cccc(-c3c4oc5ccccc5c4cc4c3oc3ccccc34)n2)nc1. The molecule has 4 heteroatoms. The van der Waals surface area contributed by atoms with Gasteiger partial charge in [-0.2, -0.15) is 0 Å². The lowest BCUT2D eigenvalue weighted by molar-refractivity contribution is 0.658. The Morgan fingerprint density at radius 3 is 1.75 bits per heavy atom. The minimum atomic E-state index is 0.781. The van der Waals surface area contributed by atoms with Crippen molar-refractivity contribution in [2.75, 3.05) is 0 Å². The molecule has 0 N–H and O–H groups in total. The molecule has 0 fully saturated rings. The van der Waals surface area contributed by atoms with Gasteiger partial charge in [-0.05, 0) is 42.5 Å². The number of para-hydroxylation sites is 2. The van der Waals surface area contributed by atoms with E-state index < -0.39 is 0 Å². The molecule has 0 radical (unpaired) electrons.